The van der Waals surface area contributed by atoms with Crippen LogP contribution in [0.2, 0.25) is 0 Å². The lowest BCUT2D eigenvalue weighted by atomic mass is 9.48. The minimum Gasteiger partial charge on any atom is -0.427 e. The van der Waals surface area contributed by atoms with Crippen LogP contribution in [-0.4, -0.2) is 12.2 Å². The number of esters is 1. The first-order chi connectivity index (χ1) is 17.0. The van der Waals surface area contributed by atoms with Crippen molar-refractivity contribution in [1.29, 1.82) is 0 Å². The van der Waals surface area contributed by atoms with E-state index in [2.05, 4.69) is 49.4 Å². The third-order valence-electron chi connectivity index (χ3n) is 8.56. The van der Waals surface area contributed by atoms with Crippen LogP contribution in [0.25, 0.3) is 11.1 Å². The summed E-state index contributed by atoms with van der Waals surface area (Å²) in [7, 11) is 0. The van der Waals surface area contributed by atoms with Crippen molar-refractivity contribution in [1.82, 2.24) is 0 Å². The van der Waals surface area contributed by atoms with Gasteiger partial charge in [0.25, 0.3) is 0 Å². The number of rotatable bonds is 5. The topological polar surface area (TPSA) is 38.7 Å². The van der Waals surface area contributed by atoms with Gasteiger partial charge in [-0.1, -0.05) is 36.4 Å². The second-order valence-corrected chi connectivity index (χ2v) is 11.2. The van der Waals surface area contributed by atoms with Crippen LogP contribution in [0.15, 0.2) is 71.7 Å². The summed E-state index contributed by atoms with van der Waals surface area (Å²) in [5, 5.41) is 0. The van der Waals surface area contributed by atoms with Crippen LogP contribution in [-0.2, 0) is 10.2 Å². The van der Waals surface area contributed by atoms with E-state index in [-0.39, 0.29) is 5.97 Å². The molecule has 0 unspecified atom stereocenters. The van der Waals surface area contributed by atoms with E-state index in [1.807, 2.05) is 30.5 Å². The zero-order valence-corrected chi connectivity index (χ0v) is 20.7. The number of aliphatic imine (C=N–C) groups is 1. The molecule has 4 aliphatic carbocycles. The number of carbonyl (C=O) groups is 1. The number of benzene rings is 3. The highest BCUT2D eigenvalue weighted by Gasteiger charge is 2.51. The highest BCUT2D eigenvalue weighted by atomic mass is 16.5. The molecule has 0 saturated heterocycles. The third-order valence-corrected chi connectivity index (χ3v) is 8.56. The molecule has 0 radical (unpaired) electrons. The van der Waals surface area contributed by atoms with Gasteiger partial charge in [0.2, 0.25) is 0 Å². The lowest BCUT2D eigenvalue weighted by molar-refractivity contribution is -0.131. The number of aryl methyl sites for hydroxylation is 1. The molecule has 0 aliphatic heterocycles. The van der Waals surface area contributed by atoms with Gasteiger partial charge >= 0.3 is 5.97 Å². The molecule has 4 saturated carbocycles. The van der Waals surface area contributed by atoms with Crippen molar-refractivity contribution < 1.29 is 9.53 Å². The van der Waals surface area contributed by atoms with E-state index in [1.54, 1.807) is 5.56 Å². The van der Waals surface area contributed by atoms with Crippen molar-refractivity contribution in [3.05, 3.63) is 83.4 Å². The predicted octanol–water partition coefficient (Wildman–Crippen LogP) is 7.81. The lowest BCUT2D eigenvalue weighted by Gasteiger charge is -2.57. The fourth-order valence-corrected chi connectivity index (χ4v) is 7.47. The third kappa shape index (κ3) is 4.45. The molecular formula is C32H33NO2. The monoisotopic (exact) mass is 463 g/mol. The first-order valence-electron chi connectivity index (χ1n) is 13.0. The van der Waals surface area contributed by atoms with Crippen molar-refractivity contribution in [2.45, 2.75) is 57.8 Å². The van der Waals surface area contributed by atoms with Gasteiger partial charge in [-0.15, -0.1) is 0 Å². The SMILES string of the molecule is CC(=O)Oc1ccc(-c2ccc(C=Nc3ccc(C45CC6CC(CC(C6)C4)C5)cc3)cc2C)cc1. The van der Waals surface area contributed by atoms with Gasteiger partial charge in [0.15, 0.2) is 0 Å². The van der Waals surface area contributed by atoms with Gasteiger partial charge in [0.05, 0.1) is 5.69 Å². The Hall–Kier alpha value is -3.20. The molecular weight excluding hydrogens is 430 g/mol. The zero-order valence-electron chi connectivity index (χ0n) is 20.7. The number of hydrogen-bond acceptors (Lipinski definition) is 3. The largest absolute Gasteiger partial charge is 0.427 e. The number of nitrogens with zero attached hydrogens (tertiary/aromatic N) is 1. The maximum Gasteiger partial charge on any atom is 0.308 e. The molecule has 0 N–H and O–H groups in total. The molecule has 3 nitrogen and oxygen atoms in total. The maximum atomic E-state index is 11.1. The molecule has 4 aliphatic rings. The zero-order chi connectivity index (χ0) is 24.0. The summed E-state index contributed by atoms with van der Waals surface area (Å²) >= 11 is 0. The predicted molar refractivity (Wildman–Crippen MR) is 141 cm³/mol. The summed E-state index contributed by atoms with van der Waals surface area (Å²) in [5.41, 5.74) is 7.55. The van der Waals surface area contributed by atoms with Crippen LogP contribution in [0.4, 0.5) is 5.69 Å². The molecule has 0 heterocycles. The first-order valence-corrected chi connectivity index (χ1v) is 13.0. The average Bonchev–Trinajstić information content (AvgIpc) is 2.83. The first kappa shape index (κ1) is 22.3. The number of hydrogen-bond donors (Lipinski definition) is 0. The van der Waals surface area contributed by atoms with Gasteiger partial charge in [0, 0.05) is 13.1 Å². The lowest BCUT2D eigenvalue weighted by Crippen LogP contribution is -2.48. The highest BCUT2D eigenvalue weighted by Crippen LogP contribution is 2.60. The Morgan fingerprint density at radius 1 is 0.886 bits per heavy atom. The van der Waals surface area contributed by atoms with E-state index >= 15 is 0 Å². The molecule has 3 aromatic carbocycles. The summed E-state index contributed by atoms with van der Waals surface area (Å²) in [6.45, 7) is 3.53. The molecule has 4 fully saturated rings. The van der Waals surface area contributed by atoms with Crippen LogP contribution in [0.3, 0.4) is 0 Å². The van der Waals surface area contributed by atoms with Gasteiger partial charge in [-0.25, -0.2) is 0 Å². The molecule has 0 spiro atoms. The van der Waals surface area contributed by atoms with E-state index in [0.717, 1.165) is 40.1 Å². The Labute approximate surface area is 208 Å². The van der Waals surface area contributed by atoms with Crippen LogP contribution in [0.1, 0.15) is 62.1 Å². The van der Waals surface area contributed by atoms with Crippen molar-refractivity contribution in [3.8, 4) is 16.9 Å². The minimum atomic E-state index is -0.306. The van der Waals surface area contributed by atoms with E-state index in [1.165, 1.54) is 51.0 Å². The second kappa shape index (κ2) is 8.78. The van der Waals surface area contributed by atoms with E-state index in [4.69, 9.17) is 9.73 Å². The van der Waals surface area contributed by atoms with Crippen LogP contribution >= 0.6 is 0 Å². The molecule has 3 heteroatoms. The second-order valence-electron chi connectivity index (χ2n) is 11.2. The summed E-state index contributed by atoms with van der Waals surface area (Å²) < 4.78 is 5.14. The van der Waals surface area contributed by atoms with E-state index in [9.17, 15) is 4.79 Å². The Bertz CT molecular complexity index is 1230. The standard InChI is InChI=1S/C32H33NO2/c1-21-13-23(3-12-31(21)27-4-10-30(11-5-27)35-22(2)34)20-33-29-8-6-28(7-9-29)32-17-24-14-25(18-32)16-26(15-24)19-32/h3-13,20,24-26H,14-19H2,1-2H3. The van der Waals surface area contributed by atoms with Gasteiger partial charge < -0.3 is 4.74 Å². The Morgan fingerprint density at radius 2 is 1.51 bits per heavy atom. The van der Waals surface area contributed by atoms with Gasteiger partial charge in [0.1, 0.15) is 5.75 Å². The molecule has 4 bridgehead atoms. The molecule has 178 valence electrons. The van der Waals surface area contributed by atoms with Crippen molar-refractivity contribution in [3.63, 3.8) is 0 Å². The molecule has 3 aromatic rings. The smallest absolute Gasteiger partial charge is 0.308 e. The summed E-state index contributed by atoms with van der Waals surface area (Å²) in [5.74, 6) is 3.17. The molecule has 0 aromatic heterocycles. The van der Waals surface area contributed by atoms with Crippen molar-refractivity contribution in [2.24, 2.45) is 22.7 Å². The summed E-state index contributed by atoms with van der Waals surface area (Å²) in [4.78, 5) is 15.9. The minimum absolute atomic E-state index is 0.306. The Balaban J connectivity index is 1.15. The molecule has 0 amide bonds. The fraction of sp³-hybridized carbons (Fsp3) is 0.375. The van der Waals surface area contributed by atoms with Crippen molar-refractivity contribution >= 4 is 17.9 Å². The Morgan fingerprint density at radius 3 is 2.09 bits per heavy atom. The van der Waals surface area contributed by atoms with Crippen LogP contribution < -0.4 is 4.74 Å². The fourth-order valence-electron chi connectivity index (χ4n) is 7.47. The quantitative estimate of drug-likeness (QED) is 0.220. The van der Waals surface area contributed by atoms with Crippen molar-refractivity contribution in [2.75, 3.05) is 0 Å². The number of ether oxygens (including phenoxy) is 1. The highest BCUT2D eigenvalue weighted by molar-refractivity contribution is 5.84. The Kier molecular flexibility index (Phi) is 5.59. The summed E-state index contributed by atoms with van der Waals surface area (Å²) in [6, 6.07) is 23.2. The maximum absolute atomic E-state index is 11.1. The molecule has 7 rings (SSSR count). The van der Waals surface area contributed by atoms with Gasteiger partial charge in [-0.3, -0.25) is 9.79 Å². The normalized spacial score (nSPS) is 26.9. The van der Waals surface area contributed by atoms with Gasteiger partial charge in [-0.2, -0.15) is 0 Å². The summed E-state index contributed by atoms with van der Waals surface area (Å²) in [6.07, 6.45) is 10.6. The number of carbonyl (C=O) groups excluding carboxylic acids is 1. The van der Waals surface area contributed by atoms with E-state index < -0.39 is 0 Å². The van der Waals surface area contributed by atoms with Crippen LogP contribution in [0, 0.1) is 24.7 Å². The van der Waals surface area contributed by atoms with E-state index in [0.29, 0.717) is 11.2 Å². The van der Waals surface area contributed by atoms with Crippen LogP contribution in [0.5, 0.6) is 5.75 Å². The van der Waals surface area contributed by atoms with Gasteiger partial charge in [-0.05, 0) is 127 Å². The molecule has 35 heavy (non-hydrogen) atoms. The molecule has 0 atom stereocenters. The average molecular weight is 464 g/mol.